The van der Waals surface area contributed by atoms with E-state index in [4.69, 9.17) is 4.74 Å². The quantitative estimate of drug-likeness (QED) is 0.702. The summed E-state index contributed by atoms with van der Waals surface area (Å²) in [5, 5.41) is 3.36. The summed E-state index contributed by atoms with van der Waals surface area (Å²) < 4.78 is 41.8. The van der Waals surface area contributed by atoms with Crippen LogP contribution in [0.25, 0.3) is 0 Å². The van der Waals surface area contributed by atoms with Gasteiger partial charge in [0.15, 0.2) is 0 Å². The molecular formula is C15H22F3NOS. The lowest BCUT2D eigenvalue weighted by Crippen LogP contribution is -2.20. The highest BCUT2D eigenvalue weighted by Gasteiger charge is 2.27. The molecule has 120 valence electrons. The zero-order valence-corrected chi connectivity index (χ0v) is 13.4. The van der Waals surface area contributed by atoms with E-state index < -0.39 is 5.51 Å². The van der Waals surface area contributed by atoms with Crippen LogP contribution in [-0.4, -0.2) is 24.4 Å². The molecule has 1 aromatic rings. The van der Waals surface area contributed by atoms with E-state index in [0.29, 0.717) is 5.75 Å². The van der Waals surface area contributed by atoms with Crippen molar-refractivity contribution in [3.8, 4) is 5.75 Å². The fourth-order valence-corrected chi connectivity index (χ4v) is 2.30. The Morgan fingerprint density at radius 2 is 2.05 bits per heavy atom. The first-order valence-electron chi connectivity index (χ1n) is 7.01. The molecule has 0 spiro atoms. The van der Waals surface area contributed by atoms with Crippen LogP contribution in [0.15, 0.2) is 18.2 Å². The number of halogens is 3. The molecule has 0 aliphatic heterocycles. The predicted molar refractivity (Wildman–Crippen MR) is 81.9 cm³/mol. The number of nitrogens with one attached hydrogen (secondary N) is 1. The Bertz CT molecular complexity index is 437. The monoisotopic (exact) mass is 321 g/mol. The zero-order valence-electron chi connectivity index (χ0n) is 12.6. The molecule has 1 atom stereocenters. The van der Waals surface area contributed by atoms with Gasteiger partial charge in [0.1, 0.15) is 5.75 Å². The Kier molecular flexibility index (Phi) is 7.39. The summed E-state index contributed by atoms with van der Waals surface area (Å²) in [6, 6.07) is 5.93. The molecule has 0 saturated heterocycles. The second kappa shape index (κ2) is 8.54. The van der Waals surface area contributed by atoms with Crippen molar-refractivity contribution in [2.24, 2.45) is 0 Å². The van der Waals surface area contributed by atoms with E-state index in [0.717, 1.165) is 24.1 Å². The van der Waals surface area contributed by atoms with E-state index in [9.17, 15) is 13.2 Å². The van der Waals surface area contributed by atoms with Gasteiger partial charge in [0.25, 0.3) is 0 Å². The number of rotatable bonds is 8. The van der Waals surface area contributed by atoms with Crippen molar-refractivity contribution in [2.45, 2.75) is 38.7 Å². The van der Waals surface area contributed by atoms with Crippen LogP contribution >= 0.6 is 11.8 Å². The number of thioether (sulfide) groups is 1. The third-order valence-corrected chi connectivity index (χ3v) is 3.64. The average molecular weight is 321 g/mol. The molecule has 1 rings (SSSR count). The molecule has 0 aliphatic carbocycles. The van der Waals surface area contributed by atoms with Crippen LogP contribution in [0.3, 0.4) is 0 Å². The normalized spacial score (nSPS) is 13.2. The summed E-state index contributed by atoms with van der Waals surface area (Å²) in [7, 11) is 0. The van der Waals surface area contributed by atoms with E-state index in [1.54, 1.807) is 0 Å². The number of hydrogen-bond acceptors (Lipinski definition) is 3. The Morgan fingerprint density at radius 1 is 1.33 bits per heavy atom. The van der Waals surface area contributed by atoms with E-state index in [-0.39, 0.29) is 30.2 Å². The first kappa shape index (κ1) is 18.2. The van der Waals surface area contributed by atoms with Crippen molar-refractivity contribution in [1.82, 2.24) is 5.32 Å². The molecular weight excluding hydrogens is 299 g/mol. The molecule has 2 nitrogen and oxygen atoms in total. The smallest absolute Gasteiger partial charge is 0.441 e. The van der Waals surface area contributed by atoms with Gasteiger partial charge in [-0.25, -0.2) is 0 Å². The van der Waals surface area contributed by atoms with Crippen LogP contribution in [0.4, 0.5) is 13.2 Å². The fourth-order valence-electron chi connectivity index (χ4n) is 1.90. The third kappa shape index (κ3) is 7.09. The van der Waals surface area contributed by atoms with Crippen LogP contribution in [0.1, 0.15) is 37.4 Å². The minimum absolute atomic E-state index is 0.0428. The number of benzene rings is 1. The standard InChI is InChI=1S/C15H22F3NOS/c1-4-7-19-12(3)13-6-5-11(2)10-14(13)20-8-9-21-15(16,17)18/h5-6,10,12,19H,4,7-9H2,1-3H3. The Labute approximate surface area is 128 Å². The second-order valence-electron chi connectivity index (χ2n) is 4.86. The summed E-state index contributed by atoms with van der Waals surface area (Å²) in [5.41, 5.74) is -2.19. The largest absolute Gasteiger partial charge is 0.492 e. The van der Waals surface area contributed by atoms with Crippen LogP contribution in [0.2, 0.25) is 0 Å². The average Bonchev–Trinajstić information content (AvgIpc) is 2.40. The van der Waals surface area contributed by atoms with Gasteiger partial charge >= 0.3 is 5.51 Å². The highest BCUT2D eigenvalue weighted by Crippen LogP contribution is 2.31. The van der Waals surface area contributed by atoms with Gasteiger partial charge in [0, 0.05) is 17.4 Å². The maximum atomic E-state index is 12.1. The summed E-state index contributed by atoms with van der Waals surface area (Å²) in [4.78, 5) is 0. The van der Waals surface area contributed by atoms with Crippen LogP contribution in [0.5, 0.6) is 5.75 Å². The first-order chi connectivity index (χ1) is 9.83. The molecule has 6 heteroatoms. The summed E-state index contributed by atoms with van der Waals surface area (Å²) in [5.74, 6) is 0.557. The Balaban J connectivity index is 2.64. The molecule has 0 aliphatic rings. The molecule has 1 N–H and O–H groups in total. The van der Waals surface area contributed by atoms with Gasteiger partial charge < -0.3 is 10.1 Å². The Hall–Kier alpha value is -0.880. The van der Waals surface area contributed by atoms with Crippen molar-refractivity contribution >= 4 is 11.8 Å². The van der Waals surface area contributed by atoms with Gasteiger partial charge in [0.2, 0.25) is 0 Å². The van der Waals surface area contributed by atoms with E-state index >= 15 is 0 Å². The van der Waals surface area contributed by atoms with Crippen LogP contribution < -0.4 is 10.1 Å². The lowest BCUT2D eigenvalue weighted by atomic mass is 10.0. The second-order valence-corrected chi connectivity index (χ2v) is 6.02. The molecule has 1 aromatic carbocycles. The fraction of sp³-hybridized carbons (Fsp3) is 0.600. The molecule has 0 radical (unpaired) electrons. The Morgan fingerprint density at radius 3 is 2.67 bits per heavy atom. The van der Waals surface area contributed by atoms with Crippen molar-refractivity contribution < 1.29 is 17.9 Å². The number of aryl methyl sites for hydroxylation is 1. The first-order valence-corrected chi connectivity index (χ1v) is 7.99. The van der Waals surface area contributed by atoms with Crippen LogP contribution in [-0.2, 0) is 0 Å². The van der Waals surface area contributed by atoms with Gasteiger partial charge in [-0.05, 0) is 50.2 Å². The van der Waals surface area contributed by atoms with E-state index in [1.807, 2.05) is 32.0 Å². The van der Waals surface area contributed by atoms with Gasteiger partial charge in [-0.2, -0.15) is 13.2 Å². The van der Waals surface area contributed by atoms with Gasteiger partial charge in [-0.3, -0.25) is 0 Å². The lowest BCUT2D eigenvalue weighted by molar-refractivity contribution is -0.0329. The molecule has 1 unspecified atom stereocenters. The van der Waals surface area contributed by atoms with Crippen LogP contribution in [0, 0.1) is 6.92 Å². The highest BCUT2D eigenvalue weighted by atomic mass is 32.2. The van der Waals surface area contributed by atoms with Crippen molar-refractivity contribution in [1.29, 1.82) is 0 Å². The molecule has 0 bridgehead atoms. The molecule has 0 amide bonds. The number of hydrogen-bond donors (Lipinski definition) is 1. The predicted octanol–water partition coefficient (Wildman–Crippen LogP) is 4.69. The van der Waals surface area contributed by atoms with Gasteiger partial charge in [0.05, 0.1) is 6.61 Å². The SMILES string of the molecule is CCCNC(C)c1ccc(C)cc1OCCSC(F)(F)F. The molecule has 0 heterocycles. The molecule has 0 fully saturated rings. The van der Waals surface area contributed by atoms with Gasteiger partial charge in [-0.15, -0.1) is 0 Å². The van der Waals surface area contributed by atoms with Crippen molar-refractivity contribution in [2.75, 3.05) is 18.9 Å². The lowest BCUT2D eigenvalue weighted by Gasteiger charge is -2.19. The van der Waals surface area contributed by atoms with Gasteiger partial charge in [-0.1, -0.05) is 19.1 Å². The molecule has 0 aromatic heterocycles. The number of ether oxygens (including phenoxy) is 1. The number of alkyl halides is 3. The zero-order chi connectivity index (χ0) is 15.9. The minimum Gasteiger partial charge on any atom is -0.492 e. The third-order valence-electron chi connectivity index (χ3n) is 2.94. The highest BCUT2D eigenvalue weighted by molar-refractivity contribution is 8.00. The van der Waals surface area contributed by atoms with Crippen molar-refractivity contribution in [3.63, 3.8) is 0 Å². The molecule has 21 heavy (non-hydrogen) atoms. The summed E-state index contributed by atoms with van der Waals surface area (Å²) in [6.07, 6.45) is 1.02. The summed E-state index contributed by atoms with van der Waals surface area (Å²) in [6.45, 7) is 6.98. The molecule has 0 saturated carbocycles. The maximum absolute atomic E-state index is 12.1. The van der Waals surface area contributed by atoms with E-state index in [2.05, 4.69) is 12.2 Å². The maximum Gasteiger partial charge on any atom is 0.441 e. The minimum atomic E-state index is -4.20. The summed E-state index contributed by atoms with van der Waals surface area (Å²) >= 11 is -0.0555. The topological polar surface area (TPSA) is 21.3 Å². The van der Waals surface area contributed by atoms with Crippen molar-refractivity contribution in [3.05, 3.63) is 29.3 Å². The van der Waals surface area contributed by atoms with E-state index in [1.165, 1.54) is 0 Å².